The van der Waals surface area contributed by atoms with E-state index in [2.05, 4.69) is 4.98 Å². The summed E-state index contributed by atoms with van der Waals surface area (Å²) in [5, 5.41) is 21.3. The fraction of sp³-hybridized carbons (Fsp3) is 0. The van der Waals surface area contributed by atoms with E-state index >= 15 is 0 Å². The molecule has 1 amide bonds. The van der Waals surface area contributed by atoms with E-state index in [1.54, 1.807) is 0 Å². The van der Waals surface area contributed by atoms with Crippen molar-refractivity contribution in [3.05, 3.63) is 46.4 Å². The summed E-state index contributed by atoms with van der Waals surface area (Å²) in [6.45, 7) is 0. The third-order valence-electron chi connectivity index (χ3n) is 2.51. The van der Waals surface area contributed by atoms with Crippen molar-refractivity contribution in [2.45, 2.75) is 0 Å². The Hall–Kier alpha value is -3.43. The number of ether oxygens (including phenoxy) is 1. The summed E-state index contributed by atoms with van der Waals surface area (Å²) in [6, 6.07) is 4.45. The van der Waals surface area contributed by atoms with Crippen LogP contribution < -0.4 is 15.8 Å². The van der Waals surface area contributed by atoms with Gasteiger partial charge in [-0.2, -0.15) is 0 Å². The molecule has 0 unspecified atom stereocenters. The Labute approximate surface area is 122 Å². The van der Waals surface area contributed by atoms with E-state index in [0.717, 1.165) is 12.1 Å². The van der Waals surface area contributed by atoms with Crippen molar-refractivity contribution in [3.8, 4) is 11.5 Å². The van der Waals surface area contributed by atoms with Gasteiger partial charge in [0.05, 0.1) is 10.6 Å². The molecular weight excluding hydrogens is 299 g/mol. The number of rotatable bonds is 4. The van der Waals surface area contributed by atoms with Crippen LogP contribution in [0.3, 0.4) is 0 Å². The number of nitrogens with zero attached hydrogens (tertiary/aromatic N) is 2. The number of nitrogens with one attached hydrogen (secondary N) is 1. The minimum absolute atomic E-state index is 0.0675. The summed E-state index contributed by atoms with van der Waals surface area (Å²) in [6.07, 6.45) is -0.223. The number of aromatic nitrogens is 1. The number of pyridine rings is 1. The van der Waals surface area contributed by atoms with Gasteiger partial charge in [0.1, 0.15) is 5.75 Å². The molecule has 10 heteroatoms. The van der Waals surface area contributed by atoms with E-state index in [0.29, 0.717) is 0 Å². The second-order valence-electron chi connectivity index (χ2n) is 3.97. The molecule has 4 N–H and O–H groups in total. The average Bonchev–Trinajstić information content (AvgIpc) is 2.41. The highest BCUT2D eigenvalue weighted by molar-refractivity contribution is 5.83. The monoisotopic (exact) mass is 308 g/mol. The van der Waals surface area contributed by atoms with E-state index in [1.165, 1.54) is 18.3 Å². The van der Waals surface area contributed by atoms with Crippen molar-refractivity contribution in [2.24, 2.45) is 0 Å². The molecule has 0 aliphatic rings. The van der Waals surface area contributed by atoms with Gasteiger partial charge in [-0.15, -0.1) is 0 Å². The first-order valence-corrected chi connectivity index (χ1v) is 5.74. The molecule has 0 saturated carbocycles. The smallest absolute Gasteiger partial charge is 0.409 e. The molecule has 1 heterocycles. The number of nitro groups is 1. The number of carbonyl (C=O) groups is 1. The summed E-state index contributed by atoms with van der Waals surface area (Å²) in [5.74, 6) is -1.52. The maximum absolute atomic E-state index is 13.7. The van der Waals surface area contributed by atoms with Crippen LogP contribution in [0, 0.1) is 15.9 Å². The predicted molar refractivity (Wildman–Crippen MR) is 73.4 cm³/mol. The third kappa shape index (κ3) is 3.17. The molecule has 0 bridgehead atoms. The second-order valence-corrected chi connectivity index (χ2v) is 3.97. The zero-order valence-corrected chi connectivity index (χ0v) is 10.8. The van der Waals surface area contributed by atoms with Crippen molar-refractivity contribution < 1.29 is 24.0 Å². The summed E-state index contributed by atoms with van der Waals surface area (Å²) < 4.78 is 18.9. The highest BCUT2D eigenvalue weighted by Gasteiger charge is 2.21. The zero-order chi connectivity index (χ0) is 16.3. The molecule has 0 radical (unpaired) electrons. The van der Waals surface area contributed by atoms with E-state index < -0.39 is 22.5 Å². The number of nitrogens with two attached hydrogens (primary N) is 1. The van der Waals surface area contributed by atoms with Gasteiger partial charge >= 0.3 is 11.8 Å². The van der Waals surface area contributed by atoms with Crippen LogP contribution in [0.15, 0.2) is 30.5 Å². The lowest BCUT2D eigenvalue weighted by molar-refractivity contribution is -0.384. The molecule has 0 aliphatic carbocycles. The number of halogens is 1. The van der Waals surface area contributed by atoms with Crippen molar-refractivity contribution in [2.75, 3.05) is 11.1 Å². The van der Waals surface area contributed by atoms with Gasteiger partial charge in [-0.05, 0) is 12.1 Å². The molecule has 114 valence electrons. The highest BCUT2D eigenvalue weighted by Crippen LogP contribution is 2.35. The number of hydrogen-bond donors (Lipinski definition) is 3. The van der Waals surface area contributed by atoms with Gasteiger partial charge in [0.15, 0.2) is 5.82 Å². The fourth-order valence-electron chi connectivity index (χ4n) is 1.62. The number of benzene rings is 1. The Morgan fingerprint density at radius 1 is 1.45 bits per heavy atom. The lowest BCUT2D eigenvalue weighted by atomic mass is 10.3. The van der Waals surface area contributed by atoms with Gasteiger partial charge in [0.2, 0.25) is 11.6 Å². The lowest BCUT2D eigenvalue weighted by Crippen LogP contribution is -2.08. The molecule has 0 saturated heterocycles. The Bertz CT molecular complexity index is 752. The SMILES string of the molecule is Nc1nccc(Oc2ccc(NC(=O)O)c(F)c2)c1[N+](=O)[O-]. The molecule has 22 heavy (non-hydrogen) atoms. The standard InChI is InChI=1S/C12H9FN4O5/c13-7-5-6(1-2-8(7)16-12(18)19)22-9-3-4-15-11(14)10(9)17(20)21/h1-5,16H,(H2,14,15)(H,18,19). The van der Waals surface area contributed by atoms with Crippen LogP contribution in [-0.2, 0) is 0 Å². The number of anilines is 2. The maximum atomic E-state index is 13.7. The molecule has 0 fully saturated rings. The van der Waals surface area contributed by atoms with E-state index in [9.17, 15) is 19.3 Å². The number of hydrogen-bond acceptors (Lipinski definition) is 6. The number of carboxylic acid groups (broad SMARTS) is 1. The molecule has 0 atom stereocenters. The van der Waals surface area contributed by atoms with Crippen LogP contribution >= 0.6 is 0 Å². The average molecular weight is 308 g/mol. The van der Waals surface area contributed by atoms with Gasteiger partial charge < -0.3 is 15.6 Å². The second kappa shape index (κ2) is 5.91. The Morgan fingerprint density at radius 3 is 2.77 bits per heavy atom. The van der Waals surface area contributed by atoms with Crippen LogP contribution in [0.5, 0.6) is 11.5 Å². The number of nitrogen functional groups attached to an aromatic ring is 1. The predicted octanol–water partition coefficient (Wildman–Crippen LogP) is 2.59. The van der Waals surface area contributed by atoms with E-state index in [4.69, 9.17) is 15.6 Å². The molecular formula is C12H9FN4O5. The largest absolute Gasteiger partial charge is 0.465 e. The molecule has 1 aromatic carbocycles. The van der Waals surface area contributed by atoms with Crippen LogP contribution in [0.2, 0.25) is 0 Å². The third-order valence-corrected chi connectivity index (χ3v) is 2.51. The van der Waals surface area contributed by atoms with Gasteiger partial charge in [-0.25, -0.2) is 14.2 Å². The first-order valence-electron chi connectivity index (χ1n) is 5.74. The van der Waals surface area contributed by atoms with Crippen molar-refractivity contribution >= 4 is 23.3 Å². The zero-order valence-electron chi connectivity index (χ0n) is 10.8. The lowest BCUT2D eigenvalue weighted by Gasteiger charge is -2.08. The van der Waals surface area contributed by atoms with Crippen LogP contribution in [0.4, 0.5) is 26.4 Å². The van der Waals surface area contributed by atoms with Crippen molar-refractivity contribution in [1.82, 2.24) is 4.98 Å². The molecule has 2 aromatic rings. The molecule has 1 aromatic heterocycles. The van der Waals surface area contributed by atoms with Gasteiger partial charge in [0, 0.05) is 18.3 Å². The molecule has 9 nitrogen and oxygen atoms in total. The minimum atomic E-state index is -1.43. The Morgan fingerprint density at radius 2 is 2.18 bits per heavy atom. The van der Waals surface area contributed by atoms with Gasteiger partial charge in [0.25, 0.3) is 0 Å². The van der Waals surface area contributed by atoms with Crippen molar-refractivity contribution in [3.63, 3.8) is 0 Å². The van der Waals surface area contributed by atoms with E-state index in [1.807, 2.05) is 5.32 Å². The fourth-order valence-corrected chi connectivity index (χ4v) is 1.62. The minimum Gasteiger partial charge on any atom is -0.465 e. The van der Waals surface area contributed by atoms with Gasteiger partial charge in [-0.1, -0.05) is 0 Å². The molecule has 0 spiro atoms. The summed E-state index contributed by atoms with van der Waals surface area (Å²) in [7, 11) is 0. The van der Waals surface area contributed by atoms with Crippen LogP contribution in [0.25, 0.3) is 0 Å². The van der Waals surface area contributed by atoms with Crippen LogP contribution in [-0.4, -0.2) is 21.1 Å². The topological polar surface area (TPSA) is 141 Å². The maximum Gasteiger partial charge on any atom is 0.409 e. The quantitative estimate of drug-likeness (QED) is 0.582. The van der Waals surface area contributed by atoms with Crippen LogP contribution in [0.1, 0.15) is 0 Å². The van der Waals surface area contributed by atoms with E-state index in [-0.39, 0.29) is 23.0 Å². The summed E-state index contributed by atoms with van der Waals surface area (Å²) in [4.78, 5) is 24.2. The summed E-state index contributed by atoms with van der Waals surface area (Å²) >= 11 is 0. The first kappa shape index (κ1) is 15.0. The summed E-state index contributed by atoms with van der Waals surface area (Å²) in [5.41, 5.74) is 4.58. The Balaban J connectivity index is 2.32. The van der Waals surface area contributed by atoms with Gasteiger partial charge in [-0.3, -0.25) is 15.4 Å². The number of amides is 1. The van der Waals surface area contributed by atoms with Crippen molar-refractivity contribution in [1.29, 1.82) is 0 Å². The Kier molecular flexibility index (Phi) is 4.02. The normalized spacial score (nSPS) is 10.0. The first-order chi connectivity index (χ1) is 10.4. The molecule has 0 aliphatic heterocycles. The molecule has 2 rings (SSSR count). The highest BCUT2D eigenvalue weighted by atomic mass is 19.1.